The molecular weight excluding hydrogens is 925 g/mol. The van der Waals surface area contributed by atoms with E-state index in [-0.39, 0.29) is 25.9 Å². The molecule has 0 aromatic heterocycles. The van der Waals surface area contributed by atoms with Gasteiger partial charge in [-0.25, -0.2) is 4.79 Å². The minimum atomic E-state index is -1.89. The van der Waals surface area contributed by atoms with Crippen molar-refractivity contribution in [2.75, 3.05) is 13.2 Å². The lowest BCUT2D eigenvalue weighted by molar-refractivity contribution is -0.301. The number of carboxylic acids is 1. The van der Waals surface area contributed by atoms with Crippen LogP contribution in [0.15, 0.2) is 12.2 Å². The van der Waals surface area contributed by atoms with Crippen molar-refractivity contribution in [2.24, 2.45) is 0 Å². The summed E-state index contributed by atoms with van der Waals surface area (Å²) in [6.45, 7) is 5.99. The molecule has 0 aromatic rings. The fourth-order valence-electron chi connectivity index (χ4n) is 9.60. The largest absolute Gasteiger partial charge is 0.479 e. The lowest BCUT2D eigenvalue weighted by Crippen LogP contribution is -2.61. The number of rotatable bonds is 53. The molecular formula is C61H112O12. The summed E-state index contributed by atoms with van der Waals surface area (Å²) in [6.07, 6.45) is 43.4. The average Bonchev–Trinajstić information content (AvgIpc) is 3.37. The first-order valence-electron chi connectivity index (χ1n) is 30.7. The SMILES string of the molecule is CCCCCCCC/C=C\CCCCCCCCCC(=O)OCC(COC1OC(C(=O)O)C(O)C(O)C1OC(=O)CCCCCCCCCCC)OC(=O)CCCCCCCCCCCCCCCCCCC. The Kier molecular flexibility index (Phi) is 47.2. The van der Waals surface area contributed by atoms with Crippen LogP contribution in [0.3, 0.4) is 0 Å². The number of allylic oxidation sites excluding steroid dienone is 2. The molecule has 12 nitrogen and oxygen atoms in total. The zero-order chi connectivity index (χ0) is 53.3. The highest BCUT2D eigenvalue weighted by Gasteiger charge is 2.50. The van der Waals surface area contributed by atoms with Crippen molar-refractivity contribution >= 4 is 23.9 Å². The standard InChI is InChI=1S/C61H112O12/c1-4-7-10-13-16-19-21-23-25-27-29-31-33-36-38-41-44-47-53(62)69-50-52(71-54(63)48-45-42-40-37-34-32-30-28-26-24-22-20-17-14-11-8-5-2)51-70-61-59(57(66)56(65)58(73-61)60(67)68)72-55(64)49-46-43-39-35-18-15-12-9-6-3/h23,25,52,56-59,61,65-66H,4-22,24,26-51H2,1-3H3,(H,67,68)/b25-23-. The summed E-state index contributed by atoms with van der Waals surface area (Å²) in [5.41, 5.74) is 0. The van der Waals surface area contributed by atoms with E-state index in [1.54, 1.807) is 0 Å². The van der Waals surface area contributed by atoms with E-state index >= 15 is 0 Å². The summed E-state index contributed by atoms with van der Waals surface area (Å²) in [5.74, 6) is -3.09. The summed E-state index contributed by atoms with van der Waals surface area (Å²) in [5, 5.41) is 31.4. The van der Waals surface area contributed by atoms with E-state index in [0.717, 1.165) is 70.6 Å². The Morgan fingerprint density at radius 2 is 0.781 bits per heavy atom. The van der Waals surface area contributed by atoms with Gasteiger partial charge >= 0.3 is 23.9 Å². The highest BCUT2D eigenvalue weighted by Crippen LogP contribution is 2.27. The Morgan fingerprint density at radius 3 is 1.16 bits per heavy atom. The van der Waals surface area contributed by atoms with Crippen LogP contribution in [0, 0.1) is 0 Å². The fourth-order valence-corrected chi connectivity index (χ4v) is 9.60. The molecule has 0 aliphatic carbocycles. The second-order valence-corrected chi connectivity index (χ2v) is 21.4. The van der Waals surface area contributed by atoms with E-state index < -0.39 is 67.3 Å². The number of esters is 3. The number of carboxylic acid groups (broad SMARTS) is 1. The molecule has 0 radical (unpaired) electrons. The molecule has 1 fully saturated rings. The van der Waals surface area contributed by atoms with Gasteiger partial charge in [0.05, 0.1) is 6.61 Å². The van der Waals surface area contributed by atoms with Crippen molar-refractivity contribution in [3.63, 3.8) is 0 Å². The molecule has 0 spiro atoms. The summed E-state index contributed by atoms with van der Waals surface area (Å²) in [7, 11) is 0. The molecule has 12 heteroatoms. The van der Waals surface area contributed by atoms with Crippen LogP contribution in [-0.2, 0) is 42.9 Å². The van der Waals surface area contributed by atoms with Crippen LogP contribution >= 0.6 is 0 Å². The van der Waals surface area contributed by atoms with Gasteiger partial charge in [0.25, 0.3) is 0 Å². The summed E-state index contributed by atoms with van der Waals surface area (Å²) < 4.78 is 28.4. The van der Waals surface area contributed by atoms with E-state index in [1.807, 2.05) is 0 Å². The molecule has 0 bridgehead atoms. The maximum Gasteiger partial charge on any atom is 0.335 e. The zero-order valence-electron chi connectivity index (χ0n) is 47.2. The summed E-state index contributed by atoms with van der Waals surface area (Å²) in [4.78, 5) is 51.0. The van der Waals surface area contributed by atoms with E-state index in [1.165, 1.54) is 173 Å². The van der Waals surface area contributed by atoms with Gasteiger partial charge in [-0.15, -0.1) is 0 Å². The number of aliphatic carboxylic acids is 1. The first-order valence-corrected chi connectivity index (χ1v) is 30.7. The van der Waals surface area contributed by atoms with Crippen LogP contribution in [-0.4, -0.2) is 89.2 Å². The molecule has 1 rings (SSSR count). The maximum atomic E-state index is 13.2. The third kappa shape index (κ3) is 40.4. The Balaban J connectivity index is 2.64. The number of carbonyl (C=O) groups is 4. The quantitative estimate of drug-likeness (QED) is 0.0228. The molecule has 73 heavy (non-hydrogen) atoms. The van der Waals surface area contributed by atoms with Gasteiger partial charge in [-0.3, -0.25) is 14.4 Å². The third-order valence-corrected chi connectivity index (χ3v) is 14.3. The number of hydrogen-bond donors (Lipinski definition) is 3. The molecule has 1 saturated heterocycles. The van der Waals surface area contributed by atoms with Crippen LogP contribution in [0.25, 0.3) is 0 Å². The minimum Gasteiger partial charge on any atom is -0.479 e. The monoisotopic (exact) mass is 1040 g/mol. The molecule has 428 valence electrons. The van der Waals surface area contributed by atoms with Gasteiger partial charge < -0.3 is 39.0 Å². The van der Waals surface area contributed by atoms with E-state index in [0.29, 0.717) is 19.3 Å². The van der Waals surface area contributed by atoms with Crippen LogP contribution < -0.4 is 0 Å². The van der Waals surface area contributed by atoms with Crippen molar-refractivity contribution in [1.29, 1.82) is 0 Å². The zero-order valence-corrected chi connectivity index (χ0v) is 47.2. The van der Waals surface area contributed by atoms with Crippen LogP contribution in [0.1, 0.15) is 303 Å². The number of aliphatic hydroxyl groups excluding tert-OH is 2. The molecule has 1 heterocycles. The summed E-state index contributed by atoms with van der Waals surface area (Å²) in [6, 6.07) is 0. The molecule has 1 aliphatic rings. The van der Waals surface area contributed by atoms with Gasteiger partial charge in [-0.2, -0.15) is 0 Å². The Labute approximate surface area is 446 Å². The van der Waals surface area contributed by atoms with E-state index in [4.69, 9.17) is 23.7 Å². The molecule has 1 aliphatic heterocycles. The first kappa shape index (κ1) is 68.5. The average molecular weight is 1040 g/mol. The van der Waals surface area contributed by atoms with Crippen molar-refractivity contribution in [1.82, 2.24) is 0 Å². The van der Waals surface area contributed by atoms with Crippen LogP contribution in [0.2, 0.25) is 0 Å². The number of ether oxygens (including phenoxy) is 5. The smallest absolute Gasteiger partial charge is 0.335 e. The molecule has 0 amide bonds. The molecule has 6 unspecified atom stereocenters. The Morgan fingerprint density at radius 1 is 0.438 bits per heavy atom. The highest BCUT2D eigenvalue weighted by molar-refractivity contribution is 5.74. The number of unbranched alkanes of at least 4 members (excludes halogenated alkanes) is 37. The van der Waals surface area contributed by atoms with Gasteiger partial charge in [0.1, 0.15) is 18.8 Å². The Bertz CT molecular complexity index is 1320. The molecule has 0 aromatic carbocycles. The lowest BCUT2D eigenvalue weighted by atomic mass is 9.98. The van der Waals surface area contributed by atoms with Gasteiger partial charge in [0.2, 0.25) is 0 Å². The predicted molar refractivity (Wildman–Crippen MR) is 294 cm³/mol. The number of hydrogen-bond acceptors (Lipinski definition) is 11. The molecule has 3 N–H and O–H groups in total. The maximum absolute atomic E-state index is 13.2. The molecule has 6 atom stereocenters. The topological polar surface area (TPSA) is 175 Å². The highest BCUT2D eigenvalue weighted by atomic mass is 16.7. The fraction of sp³-hybridized carbons (Fsp3) is 0.902. The second kappa shape index (κ2) is 50.3. The summed E-state index contributed by atoms with van der Waals surface area (Å²) >= 11 is 0. The molecule has 0 saturated carbocycles. The van der Waals surface area contributed by atoms with Gasteiger partial charge in [-0.1, -0.05) is 251 Å². The second-order valence-electron chi connectivity index (χ2n) is 21.4. The van der Waals surface area contributed by atoms with Crippen LogP contribution in [0.5, 0.6) is 0 Å². The normalized spacial score (nSPS) is 18.3. The van der Waals surface area contributed by atoms with Gasteiger partial charge in [0, 0.05) is 19.3 Å². The van der Waals surface area contributed by atoms with Crippen LogP contribution in [0.4, 0.5) is 0 Å². The van der Waals surface area contributed by atoms with Crippen molar-refractivity contribution in [2.45, 2.75) is 340 Å². The number of carbonyl (C=O) groups excluding carboxylic acids is 3. The van der Waals surface area contributed by atoms with Crippen molar-refractivity contribution in [3.05, 3.63) is 12.2 Å². The predicted octanol–water partition coefficient (Wildman–Crippen LogP) is 15.7. The van der Waals surface area contributed by atoms with Crippen molar-refractivity contribution in [3.8, 4) is 0 Å². The van der Waals surface area contributed by atoms with Gasteiger partial charge in [-0.05, 0) is 44.9 Å². The minimum absolute atomic E-state index is 0.0665. The number of aliphatic hydroxyl groups is 2. The van der Waals surface area contributed by atoms with E-state index in [9.17, 15) is 34.5 Å². The van der Waals surface area contributed by atoms with Gasteiger partial charge in [0.15, 0.2) is 24.6 Å². The van der Waals surface area contributed by atoms with E-state index in [2.05, 4.69) is 32.9 Å². The van der Waals surface area contributed by atoms with Crippen molar-refractivity contribution < 1.29 is 58.2 Å². The first-order chi connectivity index (χ1) is 35.6. The lowest BCUT2D eigenvalue weighted by Gasteiger charge is -2.40. The third-order valence-electron chi connectivity index (χ3n) is 14.3. The Hall–Kier alpha value is -2.54.